The molecular weight excluding hydrogens is 364 g/mol. The van der Waals surface area contributed by atoms with E-state index >= 15 is 0 Å². The number of rotatable bonds is 6. The molecule has 0 aromatic heterocycles. The Hall–Kier alpha value is -3.55. The molecule has 0 radical (unpaired) electrons. The molecule has 2 amide bonds. The lowest BCUT2D eigenvalue weighted by Gasteiger charge is -2.11. The molecule has 8 nitrogen and oxygen atoms in total. The van der Waals surface area contributed by atoms with Gasteiger partial charge in [0.05, 0.1) is 0 Å². The van der Waals surface area contributed by atoms with Crippen LogP contribution in [0.1, 0.15) is 21.5 Å². The van der Waals surface area contributed by atoms with Crippen molar-refractivity contribution >= 4 is 23.5 Å². The van der Waals surface area contributed by atoms with Gasteiger partial charge >= 0.3 is 5.97 Å². The van der Waals surface area contributed by atoms with Gasteiger partial charge in [-0.2, -0.15) is 0 Å². The summed E-state index contributed by atoms with van der Waals surface area (Å²) >= 11 is 0. The van der Waals surface area contributed by atoms with Crippen molar-refractivity contribution in [2.75, 3.05) is 25.3 Å². The summed E-state index contributed by atoms with van der Waals surface area (Å²) in [4.78, 5) is 35.8. The van der Waals surface area contributed by atoms with Crippen molar-refractivity contribution in [2.45, 2.75) is 13.8 Å². The molecule has 0 spiro atoms. The highest BCUT2D eigenvalue weighted by molar-refractivity contribution is 5.97. The summed E-state index contributed by atoms with van der Waals surface area (Å²) in [6.07, 6.45) is 0. The van der Waals surface area contributed by atoms with Gasteiger partial charge in [-0.3, -0.25) is 14.4 Å². The minimum absolute atomic E-state index is 0.108. The maximum Gasteiger partial charge on any atom is 0.325 e. The van der Waals surface area contributed by atoms with E-state index in [1.54, 1.807) is 18.2 Å². The molecule has 0 atom stereocenters. The Kier molecular flexibility index (Phi) is 5.78. The van der Waals surface area contributed by atoms with E-state index < -0.39 is 24.4 Å². The first-order valence-electron chi connectivity index (χ1n) is 8.63. The summed E-state index contributed by atoms with van der Waals surface area (Å²) in [6, 6.07) is 10.2. The SMILES string of the molecule is Cc1cccc(NC(=O)COC(=O)CNC(=O)c2ccc3c(c2)OCO3)c1C. The fourth-order valence-corrected chi connectivity index (χ4v) is 2.56. The van der Waals surface area contributed by atoms with Crippen molar-refractivity contribution in [1.29, 1.82) is 0 Å². The summed E-state index contributed by atoms with van der Waals surface area (Å²) in [6.45, 7) is 3.14. The van der Waals surface area contributed by atoms with Gasteiger partial charge in [0.1, 0.15) is 6.54 Å². The monoisotopic (exact) mass is 384 g/mol. The lowest BCUT2D eigenvalue weighted by Crippen LogP contribution is -2.32. The van der Waals surface area contributed by atoms with Gasteiger partial charge in [-0.15, -0.1) is 0 Å². The summed E-state index contributed by atoms with van der Waals surface area (Å²) in [5.41, 5.74) is 2.97. The second kappa shape index (κ2) is 8.43. The molecule has 0 saturated heterocycles. The Morgan fingerprint density at radius 3 is 2.68 bits per heavy atom. The molecule has 146 valence electrons. The maximum atomic E-state index is 12.1. The van der Waals surface area contributed by atoms with Gasteiger partial charge in [-0.25, -0.2) is 0 Å². The van der Waals surface area contributed by atoms with E-state index in [2.05, 4.69) is 10.6 Å². The fraction of sp³-hybridized carbons (Fsp3) is 0.250. The molecule has 1 aliphatic heterocycles. The number of ether oxygens (including phenoxy) is 3. The van der Waals surface area contributed by atoms with Crippen LogP contribution in [0.15, 0.2) is 36.4 Å². The minimum Gasteiger partial charge on any atom is -0.454 e. The largest absolute Gasteiger partial charge is 0.454 e. The van der Waals surface area contributed by atoms with Crippen molar-refractivity contribution in [1.82, 2.24) is 5.32 Å². The quantitative estimate of drug-likeness (QED) is 0.738. The predicted octanol–water partition coefficient (Wildman–Crippen LogP) is 1.94. The lowest BCUT2D eigenvalue weighted by atomic mass is 10.1. The third-order valence-electron chi connectivity index (χ3n) is 4.27. The van der Waals surface area contributed by atoms with Gasteiger partial charge in [0, 0.05) is 11.3 Å². The second-order valence-electron chi connectivity index (χ2n) is 6.21. The fourth-order valence-electron chi connectivity index (χ4n) is 2.56. The smallest absolute Gasteiger partial charge is 0.325 e. The highest BCUT2D eigenvalue weighted by Gasteiger charge is 2.17. The number of carbonyl (C=O) groups is 3. The molecule has 2 aromatic carbocycles. The Labute approximate surface area is 161 Å². The van der Waals surface area contributed by atoms with Crippen molar-refractivity contribution in [3.63, 3.8) is 0 Å². The molecule has 0 fully saturated rings. The predicted molar refractivity (Wildman–Crippen MR) is 100 cm³/mol. The highest BCUT2D eigenvalue weighted by Crippen LogP contribution is 2.32. The van der Waals surface area contributed by atoms with Crippen LogP contribution in [-0.4, -0.2) is 37.7 Å². The van der Waals surface area contributed by atoms with Crippen LogP contribution in [0.25, 0.3) is 0 Å². The second-order valence-corrected chi connectivity index (χ2v) is 6.21. The summed E-state index contributed by atoms with van der Waals surface area (Å²) < 4.78 is 15.3. The van der Waals surface area contributed by atoms with Gasteiger partial charge in [0.25, 0.3) is 11.8 Å². The van der Waals surface area contributed by atoms with Crippen LogP contribution in [0.3, 0.4) is 0 Å². The van der Waals surface area contributed by atoms with Crippen LogP contribution in [0.4, 0.5) is 5.69 Å². The zero-order valence-electron chi connectivity index (χ0n) is 15.5. The molecular formula is C20H20N2O6. The normalized spacial score (nSPS) is 11.6. The molecule has 0 bridgehead atoms. The third kappa shape index (κ3) is 4.59. The van der Waals surface area contributed by atoms with E-state index in [0.717, 1.165) is 11.1 Å². The summed E-state index contributed by atoms with van der Waals surface area (Å²) in [5, 5.41) is 5.13. The van der Waals surface area contributed by atoms with Gasteiger partial charge in [-0.05, 0) is 49.2 Å². The number of anilines is 1. The molecule has 3 rings (SSSR count). The molecule has 2 aromatic rings. The van der Waals surface area contributed by atoms with Crippen molar-refractivity contribution in [3.05, 3.63) is 53.1 Å². The standard InChI is InChI=1S/C20H20N2O6/c1-12-4-3-5-15(13(12)2)22-18(23)10-26-19(24)9-21-20(25)14-6-7-16-17(8-14)28-11-27-16/h3-8H,9-11H2,1-2H3,(H,21,25)(H,22,23). The zero-order chi connectivity index (χ0) is 20.1. The van der Waals surface area contributed by atoms with Crippen LogP contribution in [0.2, 0.25) is 0 Å². The Bertz CT molecular complexity index is 925. The zero-order valence-corrected chi connectivity index (χ0v) is 15.5. The number of fused-ring (bicyclic) bond motifs is 1. The minimum atomic E-state index is -0.717. The molecule has 0 unspecified atom stereocenters. The Morgan fingerprint density at radius 2 is 1.86 bits per heavy atom. The van der Waals surface area contributed by atoms with Gasteiger partial charge in [-0.1, -0.05) is 12.1 Å². The summed E-state index contributed by atoms with van der Waals surface area (Å²) in [7, 11) is 0. The van der Waals surface area contributed by atoms with E-state index in [4.69, 9.17) is 14.2 Å². The van der Waals surface area contributed by atoms with Gasteiger partial charge in [0.2, 0.25) is 6.79 Å². The third-order valence-corrected chi connectivity index (χ3v) is 4.27. The Morgan fingerprint density at radius 1 is 1.07 bits per heavy atom. The number of hydrogen-bond acceptors (Lipinski definition) is 6. The number of hydrogen-bond donors (Lipinski definition) is 2. The summed E-state index contributed by atoms with van der Waals surface area (Å²) in [5.74, 6) is -0.603. The average molecular weight is 384 g/mol. The molecule has 0 saturated carbocycles. The number of esters is 1. The maximum absolute atomic E-state index is 12.1. The molecule has 28 heavy (non-hydrogen) atoms. The molecule has 8 heteroatoms. The number of amides is 2. The molecule has 1 heterocycles. The van der Waals surface area contributed by atoms with E-state index in [1.165, 1.54) is 6.07 Å². The Balaban J connectivity index is 1.43. The highest BCUT2D eigenvalue weighted by atomic mass is 16.7. The number of nitrogens with one attached hydrogen (secondary N) is 2. The van der Waals surface area contributed by atoms with Crippen LogP contribution >= 0.6 is 0 Å². The van der Waals surface area contributed by atoms with Crippen LogP contribution in [0, 0.1) is 13.8 Å². The van der Waals surface area contributed by atoms with Gasteiger partial charge in [0.15, 0.2) is 18.1 Å². The van der Waals surface area contributed by atoms with Crippen LogP contribution in [0.5, 0.6) is 11.5 Å². The first-order chi connectivity index (χ1) is 13.4. The van der Waals surface area contributed by atoms with E-state index in [1.807, 2.05) is 26.0 Å². The van der Waals surface area contributed by atoms with Crippen molar-refractivity contribution in [2.24, 2.45) is 0 Å². The van der Waals surface area contributed by atoms with E-state index in [-0.39, 0.29) is 13.3 Å². The van der Waals surface area contributed by atoms with E-state index in [9.17, 15) is 14.4 Å². The topological polar surface area (TPSA) is 103 Å². The van der Waals surface area contributed by atoms with E-state index in [0.29, 0.717) is 22.7 Å². The first kappa shape index (κ1) is 19.2. The lowest BCUT2D eigenvalue weighted by molar-refractivity contribution is -0.146. The van der Waals surface area contributed by atoms with Crippen molar-refractivity contribution < 1.29 is 28.6 Å². The number of aryl methyl sites for hydroxylation is 1. The average Bonchev–Trinajstić information content (AvgIpc) is 3.16. The number of benzene rings is 2. The number of carbonyl (C=O) groups excluding carboxylic acids is 3. The van der Waals surface area contributed by atoms with Crippen LogP contribution < -0.4 is 20.1 Å². The van der Waals surface area contributed by atoms with Crippen molar-refractivity contribution in [3.8, 4) is 11.5 Å². The van der Waals surface area contributed by atoms with Gasteiger partial charge < -0.3 is 24.8 Å². The first-order valence-corrected chi connectivity index (χ1v) is 8.63. The molecule has 0 aliphatic carbocycles. The molecule has 1 aliphatic rings. The van der Waals surface area contributed by atoms with Crippen LogP contribution in [-0.2, 0) is 14.3 Å². The molecule has 2 N–H and O–H groups in total.